The molecular formula is C15H28N2O. The summed E-state index contributed by atoms with van der Waals surface area (Å²) in [5, 5.41) is 3.33. The van der Waals surface area contributed by atoms with Crippen LogP contribution in [0.4, 0.5) is 0 Å². The molecule has 3 heteroatoms. The normalized spacial score (nSPS) is 13.4. The molecule has 0 aromatic carbocycles. The Morgan fingerprint density at radius 2 is 1.61 bits per heavy atom. The Labute approximate surface area is 111 Å². The van der Waals surface area contributed by atoms with Crippen LogP contribution in [0.3, 0.4) is 0 Å². The van der Waals surface area contributed by atoms with Crippen molar-refractivity contribution in [2.24, 2.45) is 5.92 Å². The average molecular weight is 252 g/mol. The van der Waals surface area contributed by atoms with Crippen molar-refractivity contribution in [2.75, 3.05) is 0 Å². The third-order valence-corrected chi connectivity index (χ3v) is 3.00. The summed E-state index contributed by atoms with van der Waals surface area (Å²) in [7, 11) is 0. The molecule has 0 unspecified atom stereocenters. The van der Waals surface area contributed by atoms with Gasteiger partial charge in [-0.2, -0.15) is 0 Å². The van der Waals surface area contributed by atoms with E-state index in [4.69, 9.17) is 0 Å². The zero-order chi connectivity index (χ0) is 14.3. The summed E-state index contributed by atoms with van der Waals surface area (Å²) in [6, 6.07) is 0. The predicted molar refractivity (Wildman–Crippen MR) is 77.3 cm³/mol. The molecule has 0 spiro atoms. The van der Waals surface area contributed by atoms with Crippen molar-refractivity contribution in [1.29, 1.82) is 0 Å². The van der Waals surface area contributed by atoms with E-state index in [0.29, 0.717) is 5.92 Å². The smallest absolute Gasteiger partial charge is 0.270 e. The zero-order valence-corrected chi connectivity index (χ0v) is 13.1. The molecule has 1 heterocycles. The number of hydrogen-bond acceptors (Lipinski definition) is 1. The summed E-state index contributed by atoms with van der Waals surface area (Å²) in [5.41, 5.74) is 1.84. The fourth-order valence-electron chi connectivity index (χ4n) is 2.28. The van der Waals surface area contributed by atoms with Gasteiger partial charge < -0.3 is 0 Å². The van der Waals surface area contributed by atoms with E-state index in [1.807, 2.05) is 0 Å². The van der Waals surface area contributed by atoms with Crippen LogP contribution in [0.5, 0.6) is 0 Å². The fourth-order valence-corrected chi connectivity index (χ4v) is 2.28. The van der Waals surface area contributed by atoms with Gasteiger partial charge in [0.1, 0.15) is 0 Å². The molecule has 1 aromatic rings. The van der Waals surface area contributed by atoms with Crippen LogP contribution in [-0.4, -0.2) is 9.78 Å². The molecule has 0 atom stereocenters. The summed E-state index contributed by atoms with van der Waals surface area (Å²) in [6.45, 7) is 16.8. The molecule has 0 radical (unpaired) electrons. The number of nitrogens with one attached hydrogen (secondary N) is 1. The van der Waals surface area contributed by atoms with E-state index in [1.54, 1.807) is 4.68 Å². The molecule has 1 N–H and O–H groups in total. The number of hydrogen-bond donors (Lipinski definition) is 1. The minimum absolute atomic E-state index is 0.117. The number of aromatic amines is 1. The number of rotatable bonds is 2. The molecule has 0 fully saturated rings. The van der Waals surface area contributed by atoms with Gasteiger partial charge in [-0.3, -0.25) is 9.89 Å². The Hall–Kier alpha value is -0.990. The van der Waals surface area contributed by atoms with Crippen molar-refractivity contribution in [2.45, 2.75) is 72.8 Å². The van der Waals surface area contributed by atoms with Gasteiger partial charge in [0.15, 0.2) is 0 Å². The first-order valence-corrected chi connectivity index (χ1v) is 6.79. The Kier molecular flexibility index (Phi) is 3.85. The topological polar surface area (TPSA) is 37.8 Å². The third-order valence-electron chi connectivity index (χ3n) is 3.00. The van der Waals surface area contributed by atoms with E-state index in [-0.39, 0.29) is 16.5 Å². The van der Waals surface area contributed by atoms with E-state index < -0.39 is 0 Å². The molecule has 0 aliphatic carbocycles. The molecule has 3 nitrogen and oxygen atoms in total. The lowest BCUT2D eigenvalue weighted by Gasteiger charge is -2.20. The Bertz CT molecular complexity index is 464. The number of H-pyrrole nitrogens is 1. The monoisotopic (exact) mass is 252 g/mol. The van der Waals surface area contributed by atoms with E-state index in [2.05, 4.69) is 60.5 Å². The van der Waals surface area contributed by atoms with Crippen LogP contribution in [0, 0.1) is 5.92 Å². The highest BCUT2D eigenvalue weighted by Crippen LogP contribution is 2.25. The van der Waals surface area contributed by atoms with Gasteiger partial charge in [-0.1, -0.05) is 34.6 Å². The quantitative estimate of drug-likeness (QED) is 0.860. The van der Waals surface area contributed by atoms with Crippen molar-refractivity contribution < 1.29 is 0 Å². The van der Waals surface area contributed by atoms with Crippen molar-refractivity contribution in [3.05, 3.63) is 21.6 Å². The highest BCUT2D eigenvalue weighted by atomic mass is 16.1. The molecule has 0 saturated carbocycles. The lowest BCUT2D eigenvalue weighted by Crippen LogP contribution is -2.35. The van der Waals surface area contributed by atoms with Gasteiger partial charge in [0, 0.05) is 11.3 Å². The van der Waals surface area contributed by atoms with E-state index in [0.717, 1.165) is 17.7 Å². The number of aromatic nitrogens is 2. The first-order chi connectivity index (χ1) is 7.94. The maximum Gasteiger partial charge on any atom is 0.270 e. The van der Waals surface area contributed by atoms with Gasteiger partial charge in [0.25, 0.3) is 5.56 Å². The van der Waals surface area contributed by atoms with E-state index >= 15 is 0 Å². The highest BCUT2D eigenvalue weighted by Gasteiger charge is 2.29. The van der Waals surface area contributed by atoms with Crippen molar-refractivity contribution >= 4 is 0 Å². The largest absolute Gasteiger partial charge is 0.299 e. The molecule has 1 aromatic heterocycles. The first kappa shape index (κ1) is 15.1. The van der Waals surface area contributed by atoms with Crippen LogP contribution in [-0.2, 0) is 17.4 Å². The summed E-state index contributed by atoms with van der Waals surface area (Å²) < 4.78 is 1.77. The second-order valence-corrected chi connectivity index (χ2v) is 7.62. The first-order valence-electron chi connectivity index (χ1n) is 6.79. The molecule has 0 bridgehead atoms. The van der Waals surface area contributed by atoms with E-state index in [9.17, 15) is 4.79 Å². The van der Waals surface area contributed by atoms with Crippen LogP contribution < -0.4 is 5.56 Å². The molecule has 0 aliphatic rings. The Morgan fingerprint density at radius 3 is 1.94 bits per heavy atom. The third kappa shape index (κ3) is 3.06. The standard InChI is InChI=1S/C15H28N2O/c1-10(2)9-11-12(14(3,4)5)13(18)17(16-11)15(6,7)8/h10,16H,9H2,1-8H3. The van der Waals surface area contributed by atoms with Crippen LogP contribution in [0.2, 0.25) is 0 Å². The van der Waals surface area contributed by atoms with Crippen molar-refractivity contribution in [3.8, 4) is 0 Å². The summed E-state index contributed by atoms with van der Waals surface area (Å²) in [5.74, 6) is 0.539. The lowest BCUT2D eigenvalue weighted by atomic mass is 9.85. The van der Waals surface area contributed by atoms with Gasteiger partial charge in [-0.15, -0.1) is 0 Å². The summed E-state index contributed by atoms with van der Waals surface area (Å²) >= 11 is 0. The molecule has 0 amide bonds. The van der Waals surface area contributed by atoms with Crippen molar-refractivity contribution in [1.82, 2.24) is 9.78 Å². The molecular weight excluding hydrogens is 224 g/mol. The van der Waals surface area contributed by atoms with Crippen LogP contribution in [0.1, 0.15) is 66.6 Å². The minimum Gasteiger partial charge on any atom is -0.299 e. The average Bonchev–Trinajstić information content (AvgIpc) is 2.39. The second-order valence-electron chi connectivity index (χ2n) is 7.62. The van der Waals surface area contributed by atoms with Crippen LogP contribution in [0.25, 0.3) is 0 Å². The lowest BCUT2D eigenvalue weighted by molar-refractivity contribution is 0.341. The predicted octanol–water partition coefficient (Wildman–Crippen LogP) is 3.43. The molecule has 0 aliphatic heterocycles. The van der Waals surface area contributed by atoms with Gasteiger partial charge in [-0.05, 0) is 38.5 Å². The van der Waals surface area contributed by atoms with Gasteiger partial charge in [-0.25, -0.2) is 4.68 Å². The zero-order valence-electron chi connectivity index (χ0n) is 13.1. The van der Waals surface area contributed by atoms with E-state index in [1.165, 1.54) is 0 Å². The highest BCUT2D eigenvalue weighted by molar-refractivity contribution is 5.26. The minimum atomic E-state index is -0.202. The second kappa shape index (κ2) is 4.60. The number of nitrogens with zero attached hydrogens (tertiary/aromatic N) is 1. The van der Waals surface area contributed by atoms with Gasteiger partial charge in [0.05, 0.1) is 5.54 Å². The van der Waals surface area contributed by atoms with Crippen LogP contribution >= 0.6 is 0 Å². The Balaban J connectivity index is 3.47. The van der Waals surface area contributed by atoms with Crippen LogP contribution in [0.15, 0.2) is 4.79 Å². The van der Waals surface area contributed by atoms with Crippen molar-refractivity contribution in [3.63, 3.8) is 0 Å². The summed E-state index contributed by atoms with van der Waals surface area (Å²) in [6.07, 6.45) is 0.922. The molecule has 104 valence electrons. The molecule has 1 rings (SSSR count). The fraction of sp³-hybridized carbons (Fsp3) is 0.800. The van der Waals surface area contributed by atoms with Gasteiger partial charge in [0.2, 0.25) is 0 Å². The maximum absolute atomic E-state index is 12.6. The maximum atomic E-state index is 12.6. The Morgan fingerprint density at radius 1 is 1.11 bits per heavy atom. The summed E-state index contributed by atoms with van der Waals surface area (Å²) in [4.78, 5) is 12.6. The molecule has 0 saturated heterocycles. The van der Waals surface area contributed by atoms with Gasteiger partial charge >= 0.3 is 0 Å². The SMILES string of the molecule is CC(C)Cc1[nH]n(C(C)(C)C)c(=O)c1C(C)(C)C. The molecule has 18 heavy (non-hydrogen) atoms.